The Morgan fingerprint density at radius 2 is 1.70 bits per heavy atom. The minimum atomic E-state index is -4.47. The van der Waals surface area contributed by atoms with Crippen LogP contribution >= 0.6 is 0 Å². The quantitative estimate of drug-likeness (QED) is 0.260. The fourth-order valence-electron chi connectivity index (χ4n) is 4.22. The largest absolute Gasteiger partial charge is 0.497 e. The Hall–Kier alpha value is -4.45. The summed E-state index contributed by atoms with van der Waals surface area (Å²) in [6.45, 7) is 2.67. The second-order valence-electron chi connectivity index (χ2n) is 8.96. The smallest absolute Gasteiger partial charge is 0.273 e. The van der Waals surface area contributed by atoms with Crippen molar-refractivity contribution in [2.45, 2.75) is 37.8 Å². The maximum Gasteiger partial charge on any atom is 0.273 e. The lowest BCUT2D eigenvalue weighted by Crippen LogP contribution is -2.51. The van der Waals surface area contributed by atoms with Crippen LogP contribution in [0.3, 0.4) is 0 Å². The van der Waals surface area contributed by atoms with Crippen LogP contribution in [0.5, 0.6) is 5.75 Å². The molecule has 212 valence electrons. The van der Waals surface area contributed by atoms with Crippen LogP contribution in [0.2, 0.25) is 0 Å². The van der Waals surface area contributed by atoms with Crippen molar-refractivity contribution in [3.8, 4) is 5.75 Å². The van der Waals surface area contributed by atoms with Crippen molar-refractivity contribution >= 4 is 33.2 Å². The number of hydrogen-bond donors (Lipinski definition) is 1. The average Bonchev–Trinajstić information content (AvgIpc) is 2.96. The summed E-state index contributed by atoms with van der Waals surface area (Å²) in [4.78, 5) is 38.5. The van der Waals surface area contributed by atoms with Gasteiger partial charge >= 0.3 is 0 Å². The van der Waals surface area contributed by atoms with Crippen molar-refractivity contribution in [1.82, 2.24) is 10.2 Å². The van der Waals surface area contributed by atoms with Crippen LogP contribution in [-0.2, 0) is 26.2 Å². The number of carbonyl (C=O) groups is 2. The molecule has 12 heteroatoms. The highest BCUT2D eigenvalue weighted by atomic mass is 32.2. The Labute approximate surface area is 233 Å². The molecule has 0 unspecified atom stereocenters. The first-order chi connectivity index (χ1) is 19.0. The predicted octanol–water partition coefficient (Wildman–Crippen LogP) is 3.66. The lowest BCUT2D eigenvalue weighted by molar-refractivity contribution is -0.385. The van der Waals surface area contributed by atoms with Crippen LogP contribution in [0.1, 0.15) is 24.5 Å². The molecule has 1 atom stereocenters. The van der Waals surface area contributed by atoms with E-state index in [4.69, 9.17) is 4.74 Å². The van der Waals surface area contributed by atoms with Crippen molar-refractivity contribution in [3.05, 3.63) is 94.0 Å². The number of benzene rings is 3. The van der Waals surface area contributed by atoms with E-state index in [0.717, 1.165) is 15.9 Å². The first-order valence-corrected chi connectivity index (χ1v) is 13.9. The highest BCUT2D eigenvalue weighted by Crippen LogP contribution is 2.29. The monoisotopic (exact) mass is 568 g/mol. The summed E-state index contributed by atoms with van der Waals surface area (Å²) in [5, 5.41) is 14.1. The lowest BCUT2D eigenvalue weighted by atomic mass is 10.1. The van der Waals surface area contributed by atoms with E-state index in [1.807, 2.05) is 6.07 Å². The molecule has 0 spiro atoms. The zero-order valence-corrected chi connectivity index (χ0v) is 23.6. The first-order valence-electron chi connectivity index (χ1n) is 12.5. The molecule has 0 radical (unpaired) electrons. The lowest BCUT2D eigenvalue weighted by Gasteiger charge is -2.33. The predicted molar refractivity (Wildman–Crippen MR) is 150 cm³/mol. The molecule has 0 fully saturated rings. The molecular weight excluding hydrogens is 536 g/mol. The fourth-order valence-corrected chi connectivity index (χ4v) is 5.65. The minimum absolute atomic E-state index is 0.0676. The van der Waals surface area contributed by atoms with Gasteiger partial charge in [-0.3, -0.25) is 24.0 Å². The van der Waals surface area contributed by atoms with Gasteiger partial charge in [-0.05, 0) is 49.2 Å². The minimum Gasteiger partial charge on any atom is -0.497 e. The van der Waals surface area contributed by atoms with Gasteiger partial charge in [-0.1, -0.05) is 43.3 Å². The van der Waals surface area contributed by atoms with Crippen molar-refractivity contribution in [1.29, 1.82) is 0 Å². The summed E-state index contributed by atoms with van der Waals surface area (Å²) in [6, 6.07) is 17.8. The summed E-state index contributed by atoms with van der Waals surface area (Å²) < 4.78 is 34.0. The number of hydrogen-bond acceptors (Lipinski definition) is 7. The number of amides is 2. The van der Waals surface area contributed by atoms with E-state index in [9.17, 15) is 28.1 Å². The van der Waals surface area contributed by atoms with E-state index >= 15 is 0 Å². The molecular formula is C28H32N4O7S. The van der Waals surface area contributed by atoms with Crippen LogP contribution in [-0.4, -0.2) is 56.8 Å². The second-order valence-corrected chi connectivity index (χ2v) is 10.8. The van der Waals surface area contributed by atoms with Crippen LogP contribution in [0, 0.1) is 17.0 Å². The molecule has 3 aromatic carbocycles. The van der Waals surface area contributed by atoms with E-state index in [1.54, 1.807) is 43.3 Å². The maximum absolute atomic E-state index is 13.9. The van der Waals surface area contributed by atoms with Gasteiger partial charge in [-0.25, -0.2) is 8.42 Å². The Bertz CT molecular complexity index is 1460. The zero-order chi connectivity index (χ0) is 29.4. The number of nitrogens with zero attached hydrogens (tertiary/aromatic N) is 3. The topological polar surface area (TPSA) is 139 Å². The van der Waals surface area contributed by atoms with Gasteiger partial charge in [0.1, 0.15) is 18.3 Å². The van der Waals surface area contributed by atoms with Gasteiger partial charge in [0.2, 0.25) is 11.8 Å². The SMILES string of the molecule is CC[C@H](C(=O)NC)N(Cc1ccccc1)C(=O)CN(c1ccc(OC)cc1)S(=O)(=O)c1ccc(C)c([N+](=O)[O-])c1. The van der Waals surface area contributed by atoms with E-state index < -0.39 is 33.4 Å². The van der Waals surface area contributed by atoms with E-state index in [2.05, 4.69) is 5.32 Å². The number of carbonyl (C=O) groups excluding carboxylic acids is 2. The summed E-state index contributed by atoms with van der Waals surface area (Å²) in [5.74, 6) is -0.546. The molecule has 0 bridgehead atoms. The molecule has 0 saturated heterocycles. The molecule has 0 heterocycles. The van der Waals surface area contributed by atoms with Gasteiger partial charge in [0, 0.05) is 25.2 Å². The number of ether oxygens (including phenoxy) is 1. The van der Waals surface area contributed by atoms with Gasteiger partial charge < -0.3 is 15.0 Å². The van der Waals surface area contributed by atoms with Crippen LogP contribution in [0.15, 0.2) is 77.7 Å². The number of likely N-dealkylation sites (N-methyl/N-ethyl adjacent to an activating group) is 1. The number of sulfonamides is 1. The Balaban J connectivity index is 2.11. The fraction of sp³-hybridized carbons (Fsp3) is 0.286. The standard InChI is InChI=1S/C28H32N4O7S/c1-5-25(28(34)29-3)30(18-21-9-7-6-8-10-21)27(33)19-31(22-12-14-23(39-4)15-13-22)40(37,38)24-16-11-20(2)26(17-24)32(35)36/h6-17,25H,5,18-19H2,1-4H3,(H,29,34)/t25-/m1/s1. The Morgan fingerprint density at radius 1 is 1.05 bits per heavy atom. The van der Waals surface area contributed by atoms with Crippen molar-refractivity contribution < 1.29 is 27.7 Å². The number of nitro groups is 1. The third kappa shape index (κ3) is 6.75. The van der Waals surface area contributed by atoms with Crippen LogP contribution in [0.4, 0.5) is 11.4 Å². The molecule has 0 aromatic heterocycles. The van der Waals surface area contributed by atoms with E-state index in [1.165, 1.54) is 50.2 Å². The molecule has 0 aliphatic carbocycles. The summed E-state index contributed by atoms with van der Waals surface area (Å²) >= 11 is 0. The molecule has 1 N–H and O–H groups in total. The van der Waals surface area contributed by atoms with Gasteiger partial charge in [0.15, 0.2) is 0 Å². The number of rotatable bonds is 12. The van der Waals surface area contributed by atoms with Crippen molar-refractivity contribution in [3.63, 3.8) is 0 Å². The molecule has 2 amide bonds. The van der Waals surface area contributed by atoms with Crippen LogP contribution < -0.4 is 14.4 Å². The summed E-state index contributed by atoms with van der Waals surface area (Å²) in [6.07, 6.45) is 0.289. The second kappa shape index (κ2) is 13.1. The van der Waals surface area contributed by atoms with Gasteiger partial charge in [-0.15, -0.1) is 0 Å². The number of methoxy groups -OCH3 is 1. The van der Waals surface area contributed by atoms with Crippen LogP contribution in [0.25, 0.3) is 0 Å². The molecule has 3 aromatic rings. The average molecular weight is 569 g/mol. The van der Waals surface area contributed by atoms with Gasteiger partial charge in [0.25, 0.3) is 15.7 Å². The molecule has 0 aliphatic rings. The number of anilines is 1. The molecule has 11 nitrogen and oxygen atoms in total. The highest BCUT2D eigenvalue weighted by Gasteiger charge is 2.34. The highest BCUT2D eigenvalue weighted by molar-refractivity contribution is 7.92. The van der Waals surface area contributed by atoms with E-state index in [-0.39, 0.29) is 35.1 Å². The summed E-state index contributed by atoms with van der Waals surface area (Å²) in [5.41, 5.74) is 0.830. The summed E-state index contributed by atoms with van der Waals surface area (Å²) in [7, 11) is -1.54. The zero-order valence-electron chi connectivity index (χ0n) is 22.7. The molecule has 0 aliphatic heterocycles. The number of nitro benzene ring substituents is 1. The number of aryl methyl sites for hydroxylation is 1. The maximum atomic E-state index is 13.9. The normalized spacial score (nSPS) is 11.8. The number of nitrogens with one attached hydrogen (secondary N) is 1. The molecule has 40 heavy (non-hydrogen) atoms. The first kappa shape index (κ1) is 30.1. The Kier molecular flexibility index (Phi) is 9.83. The molecule has 0 saturated carbocycles. The van der Waals surface area contributed by atoms with Crippen molar-refractivity contribution in [2.75, 3.05) is 25.0 Å². The van der Waals surface area contributed by atoms with Gasteiger partial charge in [0.05, 0.1) is 22.6 Å². The Morgan fingerprint density at radius 3 is 2.25 bits per heavy atom. The third-order valence-electron chi connectivity index (χ3n) is 6.43. The molecule has 3 rings (SSSR count). The van der Waals surface area contributed by atoms with Gasteiger partial charge in [-0.2, -0.15) is 0 Å². The van der Waals surface area contributed by atoms with Crippen molar-refractivity contribution in [2.24, 2.45) is 0 Å². The third-order valence-corrected chi connectivity index (χ3v) is 8.20. The van der Waals surface area contributed by atoms with E-state index in [0.29, 0.717) is 11.3 Å².